The van der Waals surface area contributed by atoms with Crippen LogP contribution in [0.15, 0.2) is 42.5 Å². The fraction of sp³-hybridized carbons (Fsp3) is 0.423. The number of nitrogens with zero attached hydrogens (tertiary/aromatic N) is 1. The van der Waals surface area contributed by atoms with Crippen molar-refractivity contribution in [1.82, 2.24) is 10.2 Å². The van der Waals surface area contributed by atoms with Crippen LogP contribution in [0.4, 0.5) is 0 Å². The number of para-hydroxylation sites is 1. The Balaban J connectivity index is 1.41. The Morgan fingerprint density at radius 3 is 2.41 bits per heavy atom. The monoisotopic (exact) mass is 436 g/mol. The van der Waals surface area contributed by atoms with Crippen LogP contribution in [0.2, 0.25) is 0 Å². The van der Waals surface area contributed by atoms with Gasteiger partial charge in [0.15, 0.2) is 5.78 Å². The third-order valence-corrected chi connectivity index (χ3v) is 6.15. The predicted octanol–water partition coefficient (Wildman–Crippen LogP) is 3.62. The molecule has 32 heavy (non-hydrogen) atoms. The van der Waals surface area contributed by atoms with Crippen molar-refractivity contribution in [2.75, 3.05) is 20.2 Å². The number of nitrogens with one attached hydrogen (secondary N) is 1. The Morgan fingerprint density at radius 1 is 1.00 bits per heavy atom. The van der Waals surface area contributed by atoms with Gasteiger partial charge in [0.2, 0.25) is 11.8 Å². The quantitative estimate of drug-likeness (QED) is 0.642. The minimum absolute atomic E-state index is 0.0139. The maximum Gasteiger partial charge on any atom is 0.227 e. The molecule has 1 heterocycles. The minimum atomic E-state index is -0.110. The van der Waals surface area contributed by atoms with Crippen LogP contribution >= 0.6 is 0 Å². The molecule has 1 saturated heterocycles. The summed E-state index contributed by atoms with van der Waals surface area (Å²) in [5, 5.41) is 3.02. The molecule has 1 fully saturated rings. The molecular formula is C26H32N2O4. The third kappa shape index (κ3) is 6.19. The second-order valence-corrected chi connectivity index (χ2v) is 8.43. The molecule has 0 aliphatic carbocycles. The number of ketones is 1. The van der Waals surface area contributed by atoms with Gasteiger partial charge in [0.05, 0.1) is 13.5 Å². The number of benzene rings is 2. The summed E-state index contributed by atoms with van der Waals surface area (Å²) in [7, 11) is 1.60. The average Bonchev–Trinajstić information content (AvgIpc) is 2.80. The summed E-state index contributed by atoms with van der Waals surface area (Å²) in [5.41, 5.74) is 3.76. The second kappa shape index (κ2) is 10.9. The summed E-state index contributed by atoms with van der Waals surface area (Å²) in [4.78, 5) is 39.2. The highest BCUT2D eigenvalue weighted by molar-refractivity contribution is 5.98. The molecule has 6 nitrogen and oxygen atoms in total. The zero-order valence-electron chi connectivity index (χ0n) is 19.1. The average molecular weight is 437 g/mol. The molecule has 0 radical (unpaired) electrons. The SMILES string of the molecule is COc1ccccc1CC(=O)N1CCC(NC(=O)CCC(=O)c2ccc(C)c(C)c2)CC1. The van der Waals surface area contributed by atoms with Crippen molar-refractivity contribution in [1.29, 1.82) is 0 Å². The lowest BCUT2D eigenvalue weighted by Gasteiger charge is -2.32. The summed E-state index contributed by atoms with van der Waals surface area (Å²) in [6, 6.07) is 13.2. The molecule has 170 valence electrons. The number of hydrogen-bond acceptors (Lipinski definition) is 4. The first-order chi connectivity index (χ1) is 15.4. The van der Waals surface area contributed by atoms with E-state index >= 15 is 0 Å². The van der Waals surface area contributed by atoms with Crippen LogP contribution in [0.3, 0.4) is 0 Å². The molecule has 0 saturated carbocycles. The maximum absolute atomic E-state index is 12.7. The molecule has 2 aromatic carbocycles. The Hall–Kier alpha value is -3.15. The van der Waals surface area contributed by atoms with Crippen LogP contribution in [0.5, 0.6) is 5.75 Å². The zero-order valence-corrected chi connectivity index (χ0v) is 19.1. The number of aryl methyl sites for hydroxylation is 2. The van der Waals surface area contributed by atoms with E-state index in [0.29, 0.717) is 37.9 Å². The number of piperidine rings is 1. The van der Waals surface area contributed by atoms with Crippen LogP contribution < -0.4 is 10.1 Å². The van der Waals surface area contributed by atoms with Crippen molar-refractivity contribution < 1.29 is 19.1 Å². The number of ether oxygens (including phenoxy) is 1. The van der Waals surface area contributed by atoms with E-state index in [4.69, 9.17) is 4.74 Å². The van der Waals surface area contributed by atoms with Gasteiger partial charge >= 0.3 is 0 Å². The fourth-order valence-corrected chi connectivity index (χ4v) is 3.98. The Labute approximate surface area is 189 Å². The van der Waals surface area contributed by atoms with Crippen LogP contribution in [0.25, 0.3) is 0 Å². The summed E-state index contributed by atoms with van der Waals surface area (Å²) in [6.07, 6.45) is 2.12. The van der Waals surface area contributed by atoms with Gasteiger partial charge in [-0.05, 0) is 49.9 Å². The first-order valence-corrected chi connectivity index (χ1v) is 11.2. The molecule has 0 bridgehead atoms. The Kier molecular flexibility index (Phi) is 8.03. The Bertz CT molecular complexity index is 978. The van der Waals surface area contributed by atoms with Crippen molar-refractivity contribution in [3.05, 3.63) is 64.7 Å². The molecule has 2 amide bonds. The molecule has 0 spiro atoms. The molecule has 0 unspecified atom stereocenters. The van der Waals surface area contributed by atoms with E-state index in [9.17, 15) is 14.4 Å². The van der Waals surface area contributed by atoms with Crippen molar-refractivity contribution in [2.24, 2.45) is 0 Å². The highest BCUT2D eigenvalue weighted by Crippen LogP contribution is 2.20. The van der Waals surface area contributed by atoms with E-state index in [-0.39, 0.29) is 36.5 Å². The van der Waals surface area contributed by atoms with Crippen molar-refractivity contribution in [2.45, 2.75) is 52.0 Å². The van der Waals surface area contributed by atoms with E-state index in [1.807, 2.05) is 61.2 Å². The van der Waals surface area contributed by atoms with Crippen LogP contribution in [-0.4, -0.2) is 48.7 Å². The number of carbonyl (C=O) groups excluding carboxylic acids is 3. The van der Waals surface area contributed by atoms with Gasteiger partial charge in [0.1, 0.15) is 5.75 Å². The lowest BCUT2D eigenvalue weighted by molar-refractivity contribution is -0.131. The molecule has 0 atom stereocenters. The number of likely N-dealkylation sites (tertiary alicyclic amines) is 1. The van der Waals surface area contributed by atoms with Gasteiger partial charge in [-0.2, -0.15) is 0 Å². The zero-order chi connectivity index (χ0) is 23.1. The van der Waals surface area contributed by atoms with E-state index in [0.717, 1.165) is 22.4 Å². The maximum atomic E-state index is 12.7. The molecular weight excluding hydrogens is 404 g/mol. The highest BCUT2D eigenvalue weighted by Gasteiger charge is 2.24. The van der Waals surface area contributed by atoms with E-state index in [1.165, 1.54) is 0 Å². The third-order valence-electron chi connectivity index (χ3n) is 6.15. The summed E-state index contributed by atoms with van der Waals surface area (Å²) in [6.45, 7) is 5.21. The normalized spacial score (nSPS) is 14.2. The first kappa shape index (κ1) is 23.5. The highest BCUT2D eigenvalue weighted by atomic mass is 16.5. The lowest BCUT2D eigenvalue weighted by atomic mass is 10.0. The van der Waals surface area contributed by atoms with Gasteiger partial charge in [-0.1, -0.05) is 30.3 Å². The van der Waals surface area contributed by atoms with Crippen LogP contribution in [-0.2, 0) is 16.0 Å². The fourth-order valence-electron chi connectivity index (χ4n) is 3.98. The van der Waals surface area contributed by atoms with E-state index in [2.05, 4.69) is 5.32 Å². The van der Waals surface area contributed by atoms with Crippen LogP contribution in [0.1, 0.15) is 52.7 Å². The standard InChI is InChI=1S/C26H32N2O4/c1-18-8-9-20(16-19(18)2)23(29)10-11-25(30)27-22-12-14-28(15-13-22)26(31)17-21-6-4-5-7-24(21)32-3/h4-9,16,22H,10-15,17H2,1-3H3,(H,27,30). The molecule has 3 rings (SSSR count). The minimum Gasteiger partial charge on any atom is -0.496 e. The van der Waals surface area contributed by atoms with Crippen LogP contribution in [0, 0.1) is 13.8 Å². The van der Waals surface area contributed by atoms with Gasteiger partial charge in [-0.25, -0.2) is 0 Å². The predicted molar refractivity (Wildman–Crippen MR) is 124 cm³/mol. The number of amides is 2. The Morgan fingerprint density at radius 2 is 1.72 bits per heavy atom. The van der Waals surface area contributed by atoms with Gasteiger partial charge in [-0.15, -0.1) is 0 Å². The first-order valence-electron chi connectivity index (χ1n) is 11.2. The molecule has 1 aliphatic heterocycles. The second-order valence-electron chi connectivity index (χ2n) is 8.43. The summed E-state index contributed by atoms with van der Waals surface area (Å²) < 4.78 is 5.33. The van der Waals surface area contributed by atoms with Gasteiger partial charge < -0.3 is 15.0 Å². The largest absolute Gasteiger partial charge is 0.496 e. The van der Waals surface area contributed by atoms with Gasteiger partial charge in [-0.3, -0.25) is 14.4 Å². The molecule has 6 heteroatoms. The molecule has 2 aromatic rings. The number of carbonyl (C=O) groups is 3. The van der Waals surface area contributed by atoms with E-state index in [1.54, 1.807) is 7.11 Å². The lowest BCUT2D eigenvalue weighted by Crippen LogP contribution is -2.47. The molecule has 0 aromatic heterocycles. The topological polar surface area (TPSA) is 75.7 Å². The van der Waals surface area contributed by atoms with Gasteiger partial charge in [0, 0.05) is 43.1 Å². The summed E-state index contributed by atoms with van der Waals surface area (Å²) in [5.74, 6) is 0.664. The van der Waals surface area contributed by atoms with Crippen molar-refractivity contribution >= 4 is 17.6 Å². The number of methoxy groups -OCH3 is 1. The molecule has 1 aliphatic rings. The van der Waals surface area contributed by atoms with Crippen molar-refractivity contribution in [3.8, 4) is 5.75 Å². The molecule has 1 N–H and O–H groups in total. The van der Waals surface area contributed by atoms with Gasteiger partial charge in [0.25, 0.3) is 0 Å². The number of Topliss-reactive ketones (excluding diaryl/α,β-unsaturated/α-hetero) is 1. The summed E-state index contributed by atoms with van der Waals surface area (Å²) >= 11 is 0. The van der Waals surface area contributed by atoms with Crippen molar-refractivity contribution in [3.63, 3.8) is 0 Å². The smallest absolute Gasteiger partial charge is 0.227 e. The number of rotatable bonds is 8. The number of hydrogen-bond donors (Lipinski definition) is 1. The van der Waals surface area contributed by atoms with E-state index < -0.39 is 0 Å².